The number of ether oxygens (including phenoxy) is 1. The first-order valence-electron chi connectivity index (χ1n) is 11.3. The van der Waals surface area contributed by atoms with E-state index in [0.717, 1.165) is 28.9 Å². The van der Waals surface area contributed by atoms with E-state index in [2.05, 4.69) is 71.6 Å². The van der Waals surface area contributed by atoms with Crippen LogP contribution < -0.4 is 21.0 Å². The summed E-state index contributed by atoms with van der Waals surface area (Å²) < 4.78 is 5.89. The maximum Gasteiger partial charge on any atom is 0.258 e. The van der Waals surface area contributed by atoms with Crippen LogP contribution in [0.1, 0.15) is 47.2 Å². The van der Waals surface area contributed by atoms with Crippen LogP contribution in [-0.2, 0) is 17.8 Å². The molecule has 0 radical (unpaired) electrons. The Morgan fingerprint density at radius 2 is 1.70 bits per heavy atom. The van der Waals surface area contributed by atoms with Gasteiger partial charge >= 0.3 is 0 Å². The van der Waals surface area contributed by atoms with Crippen LogP contribution in [0.5, 0.6) is 5.75 Å². The summed E-state index contributed by atoms with van der Waals surface area (Å²) in [6, 6.07) is 24.1. The third-order valence-electron chi connectivity index (χ3n) is 5.80. The van der Waals surface area contributed by atoms with Crippen LogP contribution in [0.2, 0.25) is 0 Å². The Labute approximate surface area is 195 Å². The molecular formula is C27H30N4O2. The van der Waals surface area contributed by atoms with Gasteiger partial charge in [0.15, 0.2) is 0 Å². The van der Waals surface area contributed by atoms with Gasteiger partial charge in [-0.05, 0) is 54.2 Å². The Morgan fingerprint density at radius 3 is 2.39 bits per heavy atom. The van der Waals surface area contributed by atoms with Gasteiger partial charge in [-0.3, -0.25) is 4.79 Å². The predicted octanol–water partition coefficient (Wildman–Crippen LogP) is 4.19. The molecule has 0 spiro atoms. The highest BCUT2D eigenvalue weighted by atomic mass is 16.5. The lowest BCUT2D eigenvalue weighted by atomic mass is 10.0. The van der Waals surface area contributed by atoms with E-state index < -0.39 is 0 Å². The molecule has 3 N–H and O–H groups in total. The van der Waals surface area contributed by atoms with Gasteiger partial charge in [0, 0.05) is 6.04 Å². The fraction of sp³-hybridized carbons (Fsp3) is 0.259. The molecule has 1 heterocycles. The molecule has 1 saturated heterocycles. The molecule has 6 nitrogen and oxygen atoms in total. The van der Waals surface area contributed by atoms with Crippen LogP contribution in [0.4, 0.5) is 0 Å². The number of amides is 1. The number of carbonyl (C=O) groups excluding carboxylic acids is 1. The minimum Gasteiger partial charge on any atom is -0.489 e. The number of hydrazine groups is 1. The summed E-state index contributed by atoms with van der Waals surface area (Å²) in [5.74, 6) is 0.658. The fourth-order valence-corrected chi connectivity index (χ4v) is 3.68. The molecule has 3 aromatic rings. The number of benzene rings is 3. The molecule has 2 atom stereocenters. The molecule has 0 aromatic heterocycles. The van der Waals surface area contributed by atoms with Crippen molar-refractivity contribution < 1.29 is 9.53 Å². The van der Waals surface area contributed by atoms with Crippen LogP contribution in [0.25, 0.3) is 0 Å². The fourth-order valence-electron chi connectivity index (χ4n) is 3.68. The number of aryl methyl sites for hydroxylation is 2. The van der Waals surface area contributed by atoms with Gasteiger partial charge in [-0.1, -0.05) is 73.2 Å². The van der Waals surface area contributed by atoms with Gasteiger partial charge in [-0.15, -0.1) is 0 Å². The largest absolute Gasteiger partial charge is 0.489 e. The van der Waals surface area contributed by atoms with Crippen LogP contribution in [0.3, 0.4) is 0 Å². The van der Waals surface area contributed by atoms with Gasteiger partial charge in [-0.25, -0.2) is 16.3 Å². The standard InChI is InChI=1S/C27H30N4O2/c1-3-20-8-10-21(11-9-20)17-28-31-27(32)26-16-25(29-30-26)23-12-14-24(15-13-23)33-18-22-6-4-19(2)5-7-22/h4-15,17,25-26,29-30H,3,16,18H2,1-2H3,(H,31,32)/b28-17+. The van der Waals surface area contributed by atoms with Crippen molar-refractivity contribution >= 4 is 12.1 Å². The number of nitrogens with one attached hydrogen (secondary N) is 3. The van der Waals surface area contributed by atoms with E-state index in [1.165, 1.54) is 11.1 Å². The lowest BCUT2D eigenvalue weighted by molar-refractivity contribution is -0.122. The van der Waals surface area contributed by atoms with Gasteiger partial charge in [0.05, 0.1) is 6.21 Å². The Bertz CT molecular complexity index is 1080. The molecule has 1 aliphatic rings. The van der Waals surface area contributed by atoms with E-state index in [0.29, 0.717) is 13.0 Å². The van der Waals surface area contributed by atoms with Crippen molar-refractivity contribution in [1.82, 2.24) is 16.3 Å². The zero-order chi connectivity index (χ0) is 23.0. The molecule has 0 bridgehead atoms. The van der Waals surface area contributed by atoms with Crippen molar-refractivity contribution in [1.29, 1.82) is 0 Å². The number of hydrogen-bond donors (Lipinski definition) is 3. The van der Waals surface area contributed by atoms with Crippen LogP contribution in [0, 0.1) is 6.92 Å². The smallest absolute Gasteiger partial charge is 0.258 e. The number of carbonyl (C=O) groups is 1. The predicted molar refractivity (Wildman–Crippen MR) is 131 cm³/mol. The molecule has 1 aliphatic heterocycles. The van der Waals surface area contributed by atoms with Gasteiger partial charge in [0.25, 0.3) is 5.91 Å². The van der Waals surface area contributed by atoms with E-state index in [4.69, 9.17) is 4.74 Å². The Balaban J connectivity index is 1.24. The Morgan fingerprint density at radius 1 is 1.00 bits per heavy atom. The molecule has 3 aromatic carbocycles. The summed E-state index contributed by atoms with van der Waals surface area (Å²) >= 11 is 0. The van der Waals surface area contributed by atoms with Gasteiger partial charge in [0.2, 0.25) is 0 Å². The molecule has 4 rings (SSSR count). The third kappa shape index (κ3) is 6.28. The summed E-state index contributed by atoms with van der Waals surface area (Å²) in [5.41, 5.74) is 14.6. The molecule has 170 valence electrons. The number of hydrogen-bond acceptors (Lipinski definition) is 5. The summed E-state index contributed by atoms with van der Waals surface area (Å²) in [4.78, 5) is 12.5. The average molecular weight is 443 g/mol. The SMILES string of the molecule is CCc1ccc(/C=N/NC(=O)C2CC(c3ccc(OCc4ccc(C)cc4)cc3)NN2)cc1. The van der Waals surface area contributed by atoms with Crippen molar-refractivity contribution in [2.75, 3.05) is 0 Å². The molecule has 1 amide bonds. The van der Waals surface area contributed by atoms with E-state index in [9.17, 15) is 4.79 Å². The van der Waals surface area contributed by atoms with Crippen LogP contribution in [0.15, 0.2) is 77.9 Å². The molecule has 1 fully saturated rings. The Kier molecular flexibility index (Phi) is 7.50. The highest BCUT2D eigenvalue weighted by Crippen LogP contribution is 2.24. The van der Waals surface area contributed by atoms with Crippen molar-refractivity contribution in [3.05, 3.63) is 101 Å². The second-order valence-corrected chi connectivity index (χ2v) is 8.30. The molecular weight excluding hydrogens is 412 g/mol. The summed E-state index contributed by atoms with van der Waals surface area (Å²) in [6.45, 7) is 4.73. The van der Waals surface area contributed by atoms with Crippen molar-refractivity contribution in [3.63, 3.8) is 0 Å². The Hall–Kier alpha value is -3.48. The van der Waals surface area contributed by atoms with E-state index in [1.54, 1.807) is 6.21 Å². The first-order chi connectivity index (χ1) is 16.1. The average Bonchev–Trinajstić information content (AvgIpc) is 3.35. The number of hydrazone groups is 1. The van der Waals surface area contributed by atoms with Crippen LogP contribution in [-0.4, -0.2) is 18.2 Å². The zero-order valence-corrected chi connectivity index (χ0v) is 19.0. The minimum atomic E-state index is -0.355. The third-order valence-corrected chi connectivity index (χ3v) is 5.80. The molecule has 33 heavy (non-hydrogen) atoms. The van der Waals surface area contributed by atoms with Crippen LogP contribution >= 0.6 is 0 Å². The first-order valence-corrected chi connectivity index (χ1v) is 11.3. The van der Waals surface area contributed by atoms with Crippen molar-refractivity contribution in [2.24, 2.45) is 5.10 Å². The second-order valence-electron chi connectivity index (χ2n) is 8.30. The lowest BCUT2D eigenvalue weighted by Gasteiger charge is -2.11. The highest BCUT2D eigenvalue weighted by Gasteiger charge is 2.30. The topological polar surface area (TPSA) is 74.8 Å². The number of nitrogens with zero attached hydrogens (tertiary/aromatic N) is 1. The highest BCUT2D eigenvalue weighted by molar-refractivity contribution is 5.85. The van der Waals surface area contributed by atoms with E-state index >= 15 is 0 Å². The monoisotopic (exact) mass is 442 g/mol. The normalized spacial score (nSPS) is 17.9. The van der Waals surface area contributed by atoms with E-state index in [-0.39, 0.29) is 18.0 Å². The van der Waals surface area contributed by atoms with Crippen molar-refractivity contribution in [3.8, 4) is 5.75 Å². The summed E-state index contributed by atoms with van der Waals surface area (Å²) in [7, 11) is 0. The summed E-state index contributed by atoms with van der Waals surface area (Å²) in [5, 5.41) is 4.09. The molecule has 6 heteroatoms. The maximum atomic E-state index is 12.5. The molecule has 0 saturated carbocycles. The minimum absolute atomic E-state index is 0.0393. The quantitative estimate of drug-likeness (QED) is 0.361. The van der Waals surface area contributed by atoms with Gasteiger partial charge in [-0.2, -0.15) is 5.10 Å². The maximum absolute atomic E-state index is 12.5. The number of rotatable bonds is 8. The van der Waals surface area contributed by atoms with Gasteiger partial charge in [0.1, 0.15) is 18.4 Å². The summed E-state index contributed by atoms with van der Waals surface area (Å²) in [6.07, 6.45) is 3.29. The van der Waals surface area contributed by atoms with Gasteiger partial charge < -0.3 is 4.74 Å². The second kappa shape index (κ2) is 10.9. The van der Waals surface area contributed by atoms with Crippen molar-refractivity contribution in [2.45, 2.75) is 45.4 Å². The zero-order valence-electron chi connectivity index (χ0n) is 19.0. The lowest BCUT2D eigenvalue weighted by Crippen LogP contribution is -2.41. The first kappa shape index (κ1) is 22.7. The molecule has 2 unspecified atom stereocenters. The van der Waals surface area contributed by atoms with E-state index in [1.807, 2.05) is 36.4 Å². The molecule has 0 aliphatic carbocycles.